The number of aryl methyl sites for hydroxylation is 1. The van der Waals surface area contributed by atoms with Crippen molar-refractivity contribution in [1.82, 2.24) is 5.32 Å². The van der Waals surface area contributed by atoms with E-state index in [1.54, 1.807) is 23.8 Å². The number of aliphatic imine (C=N–C) groups is 1. The summed E-state index contributed by atoms with van der Waals surface area (Å²) < 4.78 is 12.4. The summed E-state index contributed by atoms with van der Waals surface area (Å²) in [4.78, 5) is 4.93. The van der Waals surface area contributed by atoms with E-state index in [-0.39, 0.29) is 43.6 Å². The molecule has 10 atom stereocenters. The molecule has 11 nitrogen and oxygen atoms in total. The first kappa shape index (κ1) is 48.5. The van der Waals surface area contributed by atoms with Gasteiger partial charge in [-0.2, -0.15) is 11.6 Å². The minimum absolute atomic E-state index is 0.00965. The number of aliphatic hydroxyl groups is 5. The number of aromatic hydroxyl groups is 1. The van der Waals surface area contributed by atoms with Crippen molar-refractivity contribution in [1.29, 1.82) is 0 Å². The number of benzene rings is 2. The first-order chi connectivity index (χ1) is 31.6. The quantitative estimate of drug-likeness (QED) is 0.0391. The van der Waals surface area contributed by atoms with Crippen LogP contribution in [0.1, 0.15) is 118 Å². The number of phenols is 1. The van der Waals surface area contributed by atoms with Gasteiger partial charge in [0.1, 0.15) is 12.2 Å². The second-order valence-electron chi connectivity index (χ2n) is 19.3. The monoisotopic (exact) mass is 929 g/mol. The number of nitrogens with one attached hydrogen (secondary N) is 1. The lowest BCUT2D eigenvalue weighted by atomic mass is 9.79. The zero-order valence-corrected chi connectivity index (χ0v) is 39.6. The summed E-state index contributed by atoms with van der Waals surface area (Å²) in [7, 11) is 3.66. The zero-order chi connectivity index (χ0) is 45.5. The minimum Gasteiger partial charge on any atom is -0.504 e. The topological polar surface area (TPSA) is 190 Å². The van der Waals surface area contributed by atoms with Crippen LogP contribution >= 0.6 is 21.6 Å². The maximum atomic E-state index is 11.3. The van der Waals surface area contributed by atoms with Gasteiger partial charge in [-0.25, -0.2) is 0 Å². The predicted octanol–water partition coefficient (Wildman–Crippen LogP) is 7.67. The highest BCUT2D eigenvalue weighted by atomic mass is 33.1. The van der Waals surface area contributed by atoms with Crippen molar-refractivity contribution in [3.8, 4) is 11.5 Å². The number of hydrogen-bond donors (Lipinski definition) is 8. The van der Waals surface area contributed by atoms with Crippen LogP contribution in [0.2, 0.25) is 0 Å². The van der Waals surface area contributed by atoms with E-state index in [2.05, 4.69) is 23.5 Å². The number of fused-ring (bicyclic) bond motifs is 8. The standard InChI is InChI=1S/C52H71N3O8S2/c1-31(58)24-54-25-43-39-8-5-7-33(39)14-18-46-42(43)23-47(55-46)49(60)28-62-51-20-32(11-19-48(51)59)10-15-38-21-37(27-57)50(63-38)9-4-2-3-6-36-29-64-65-30-44-35(26-56)13-17-41-40(44)16-12-34(52(41)61)22-45(36)53/h11-13,16-17,19-21,23,31,33-34,36,39,43,45,49-50,52,54,56-61H,2-10,14-15,18,22,24-30,53H2,1H3. The second kappa shape index (κ2) is 22.9. The molecule has 0 radical (unpaired) electrons. The molecule has 13 heteroatoms. The SMILES string of the molecule is CC(O)CNCC1C2=C[C+](C(O)COc3cc(CC[C-]4C=C(CO)C(CCCCCC5CSSCc6c(CO)ccc7c6C=CC(CC5N)C7O)O4)ccc3O)N=C2CCC2CCCC21. The fourth-order valence-electron chi connectivity index (χ4n) is 11.2. The fourth-order valence-corrected chi connectivity index (χ4v) is 13.9. The van der Waals surface area contributed by atoms with Crippen molar-refractivity contribution in [3.05, 3.63) is 99.7 Å². The molecule has 2 fully saturated rings. The molecule has 9 rings (SSSR count). The molecule has 4 bridgehead atoms. The minimum atomic E-state index is -0.947. The molecule has 7 aliphatic rings. The average molecular weight is 930 g/mol. The third kappa shape index (κ3) is 11.8. The number of rotatable bonds is 19. The summed E-state index contributed by atoms with van der Waals surface area (Å²) >= 11 is 0. The van der Waals surface area contributed by atoms with E-state index in [0.717, 1.165) is 115 Å². The maximum Gasteiger partial charge on any atom is 0.189 e. The van der Waals surface area contributed by atoms with Gasteiger partial charge in [-0.3, -0.25) is 0 Å². The van der Waals surface area contributed by atoms with Gasteiger partial charge in [-0.15, -0.1) is 4.99 Å². The molecule has 4 aliphatic heterocycles. The van der Waals surface area contributed by atoms with Gasteiger partial charge in [0.25, 0.3) is 0 Å². The van der Waals surface area contributed by atoms with E-state index >= 15 is 0 Å². The first-order valence-electron chi connectivity index (χ1n) is 24.2. The molecule has 2 aromatic carbocycles. The highest BCUT2D eigenvalue weighted by Gasteiger charge is 2.47. The molecule has 9 N–H and O–H groups in total. The molecule has 0 spiro atoms. The van der Waals surface area contributed by atoms with Crippen LogP contribution in [0.5, 0.6) is 11.5 Å². The third-order valence-corrected chi connectivity index (χ3v) is 17.3. The number of nitrogens with zero attached hydrogens (tertiary/aromatic N) is 1. The Balaban J connectivity index is 0.779. The van der Waals surface area contributed by atoms with Crippen molar-refractivity contribution >= 4 is 33.4 Å². The molecule has 3 aliphatic carbocycles. The first-order valence-corrected chi connectivity index (χ1v) is 26.7. The molecule has 65 heavy (non-hydrogen) atoms. The van der Waals surface area contributed by atoms with E-state index < -0.39 is 18.3 Å². The Hall–Kier alpha value is -2.95. The number of ether oxygens (including phenoxy) is 2. The number of nitrogens with two attached hydrogens (primary N) is 1. The smallest absolute Gasteiger partial charge is 0.189 e. The summed E-state index contributed by atoms with van der Waals surface area (Å²) in [6.45, 7) is 3.04. The zero-order valence-electron chi connectivity index (χ0n) is 38.0. The van der Waals surface area contributed by atoms with Crippen molar-refractivity contribution in [2.24, 2.45) is 40.3 Å². The lowest BCUT2D eigenvalue weighted by Crippen LogP contribution is -2.35. The van der Waals surface area contributed by atoms with Gasteiger partial charge in [0, 0.05) is 55.7 Å². The van der Waals surface area contributed by atoms with Gasteiger partial charge >= 0.3 is 0 Å². The number of unbranched alkanes of at least 4 members (excludes halogenated alkanes) is 2. The van der Waals surface area contributed by atoms with Crippen LogP contribution in [0, 0.1) is 41.7 Å². The lowest BCUT2D eigenvalue weighted by Gasteiger charge is -2.33. The Labute approximate surface area is 393 Å². The average Bonchev–Trinajstić information content (AvgIpc) is 4.04. The molecule has 0 aromatic heterocycles. The van der Waals surface area contributed by atoms with E-state index in [1.807, 2.05) is 41.1 Å². The van der Waals surface area contributed by atoms with Crippen molar-refractivity contribution < 1.29 is 40.1 Å². The molecule has 354 valence electrons. The van der Waals surface area contributed by atoms with Gasteiger partial charge in [-0.1, -0.05) is 96.6 Å². The number of hydrogen-bond acceptors (Lipinski definition) is 13. The Morgan fingerprint density at radius 1 is 1.06 bits per heavy atom. The molecular formula is C52H71N3O8S2. The van der Waals surface area contributed by atoms with Crippen LogP contribution in [-0.4, -0.2) is 92.8 Å². The van der Waals surface area contributed by atoms with Crippen LogP contribution in [0.4, 0.5) is 0 Å². The molecule has 2 aromatic rings. The second-order valence-corrected chi connectivity index (χ2v) is 21.9. The van der Waals surface area contributed by atoms with E-state index in [9.17, 15) is 30.6 Å². The van der Waals surface area contributed by atoms with E-state index in [0.29, 0.717) is 54.8 Å². The van der Waals surface area contributed by atoms with Crippen LogP contribution in [0.25, 0.3) is 6.08 Å². The lowest BCUT2D eigenvalue weighted by molar-refractivity contribution is 0.102. The fraction of sp³-hybridized carbons (Fsp3) is 0.596. The van der Waals surface area contributed by atoms with Crippen molar-refractivity contribution in [2.75, 3.05) is 32.1 Å². The van der Waals surface area contributed by atoms with Gasteiger partial charge in [0.05, 0.1) is 30.8 Å². The van der Waals surface area contributed by atoms with E-state index in [1.165, 1.54) is 24.8 Å². The van der Waals surface area contributed by atoms with Gasteiger partial charge < -0.3 is 51.2 Å². The third-order valence-electron chi connectivity index (χ3n) is 14.9. The summed E-state index contributed by atoms with van der Waals surface area (Å²) in [5, 5.41) is 66.9. The van der Waals surface area contributed by atoms with Crippen LogP contribution in [0.15, 0.2) is 64.7 Å². The number of phenolic OH excluding ortho intramolecular Hbond substituents is 1. The van der Waals surface area contributed by atoms with Crippen molar-refractivity contribution in [3.63, 3.8) is 0 Å². The van der Waals surface area contributed by atoms with Crippen LogP contribution < -0.4 is 15.8 Å². The highest BCUT2D eigenvalue weighted by molar-refractivity contribution is 8.76. The summed E-state index contributed by atoms with van der Waals surface area (Å²) in [5.74, 6) is 3.91. The number of aliphatic hydroxyl groups excluding tert-OH is 5. The van der Waals surface area contributed by atoms with Crippen LogP contribution in [-0.2, 0) is 23.5 Å². The van der Waals surface area contributed by atoms with Gasteiger partial charge in [-0.05, 0) is 103 Å². The molecular weight excluding hydrogens is 859 g/mol. The summed E-state index contributed by atoms with van der Waals surface area (Å²) in [6, 6.07) is 9.83. The Morgan fingerprint density at radius 2 is 1.92 bits per heavy atom. The van der Waals surface area contributed by atoms with Gasteiger partial charge in [0.2, 0.25) is 0 Å². The Morgan fingerprint density at radius 3 is 2.75 bits per heavy atom. The molecule has 4 heterocycles. The normalized spacial score (nSPS) is 28.4. The molecule has 0 amide bonds. The Kier molecular flexibility index (Phi) is 17.1. The van der Waals surface area contributed by atoms with Gasteiger partial charge in [0.15, 0.2) is 29.4 Å². The maximum absolute atomic E-state index is 11.3. The van der Waals surface area contributed by atoms with E-state index in [4.69, 9.17) is 20.2 Å². The molecule has 10 unspecified atom stereocenters. The molecule has 0 saturated heterocycles. The van der Waals surface area contributed by atoms with Crippen LogP contribution in [0.3, 0.4) is 0 Å². The largest absolute Gasteiger partial charge is 0.504 e. The molecule has 2 saturated carbocycles. The highest BCUT2D eigenvalue weighted by Crippen LogP contribution is 2.48. The van der Waals surface area contributed by atoms with Crippen molar-refractivity contribution in [2.45, 2.75) is 133 Å². The summed E-state index contributed by atoms with van der Waals surface area (Å²) in [5.41, 5.74) is 15.1. The predicted molar refractivity (Wildman–Crippen MR) is 261 cm³/mol. The summed E-state index contributed by atoms with van der Waals surface area (Å²) in [6.07, 6.45) is 19.7. The Bertz CT molecular complexity index is 2040.